The normalized spacial score (nSPS) is 14.6. The Hall–Kier alpha value is -1.06. The quantitative estimate of drug-likeness (QED) is 0.825. The third-order valence-corrected chi connectivity index (χ3v) is 3.28. The van der Waals surface area contributed by atoms with Crippen molar-refractivity contribution in [3.8, 4) is 5.75 Å². The van der Waals surface area contributed by atoms with Crippen LogP contribution in [0, 0.1) is 0 Å². The molecule has 1 fully saturated rings. The molecule has 0 amide bonds. The maximum atomic E-state index is 11.9. The van der Waals surface area contributed by atoms with E-state index in [2.05, 4.69) is 5.32 Å². The van der Waals surface area contributed by atoms with Crippen LogP contribution in [-0.2, 0) is 11.2 Å². The molecule has 2 rings (SSSR count). The molecular formula is C14H18ClNO2. The van der Waals surface area contributed by atoms with Crippen LogP contribution in [-0.4, -0.2) is 25.5 Å². The Morgan fingerprint density at radius 1 is 1.50 bits per heavy atom. The fraction of sp³-hybridized carbons (Fsp3) is 0.500. The van der Waals surface area contributed by atoms with Gasteiger partial charge in [-0.15, -0.1) is 0 Å². The summed E-state index contributed by atoms with van der Waals surface area (Å²) in [6.07, 6.45) is 3.44. The van der Waals surface area contributed by atoms with Crippen molar-refractivity contribution in [3.05, 3.63) is 28.8 Å². The number of ether oxygens (including phenoxy) is 1. The fourth-order valence-electron chi connectivity index (χ4n) is 1.89. The van der Waals surface area contributed by atoms with Crippen molar-refractivity contribution in [2.75, 3.05) is 13.7 Å². The first-order valence-electron chi connectivity index (χ1n) is 6.26. The van der Waals surface area contributed by atoms with Gasteiger partial charge in [-0.25, -0.2) is 0 Å². The molecule has 1 saturated carbocycles. The molecule has 0 bridgehead atoms. The van der Waals surface area contributed by atoms with E-state index < -0.39 is 0 Å². The minimum atomic E-state index is 0.212. The van der Waals surface area contributed by atoms with Crippen molar-refractivity contribution in [1.82, 2.24) is 5.32 Å². The van der Waals surface area contributed by atoms with Crippen LogP contribution in [0.3, 0.4) is 0 Å². The van der Waals surface area contributed by atoms with Gasteiger partial charge in [-0.3, -0.25) is 4.79 Å². The zero-order valence-corrected chi connectivity index (χ0v) is 11.3. The van der Waals surface area contributed by atoms with Crippen LogP contribution in [0.25, 0.3) is 0 Å². The van der Waals surface area contributed by atoms with Crippen LogP contribution in [0.1, 0.15) is 24.8 Å². The lowest BCUT2D eigenvalue weighted by Gasteiger charge is -2.08. The summed E-state index contributed by atoms with van der Waals surface area (Å²) in [6.45, 7) is 0.770. The number of Topliss-reactive ketones (excluding diaryl/α,β-unsaturated/α-hetero) is 1. The van der Waals surface area contributed by atoms with E-state index in [1.807, 2.05) is 0 Å². The lowest BCUT2D eigenvalue weighted by molar-refractivity contribution is -0.118. The van der Waals surface area contributed by atoms with Gasteiger partial charge in [0.2, 0.25) is 0 Å². The van der Waals surface area contributed by atoms with Gasteiger partial charge in [0.15, 0.2) is 0 Å². The molecule has 18 heavy (non-hydrogen) atoms. The van der Waals surface area contributed by atoms with E-state index >= 15 is 0 Å². The van der Waals surface area contributed by atoms with E-state index in [1.54, 1.807) is 25.3 Å². The molecule has 0 aliphatic heterocycles. The third-order valence-electron chi connectivity index (χ3n) is 3.04. The SMILES string of the molecule is COc1ccc(Cl)cc1CC(=O)CCNC1CC1. The molecule has 0 radical (unpaired) electrons. The van der Waals surface area contributed by atoms with Crippen molar-refractivity contribution < 1.29 is 9.53 Å². The van der Waals surface area contributed by atoms with Crippen LogP contribution in [0.5, 0.6) is 5.75 Å². The molecule has 1 N–H and O–H groups in total. The Morgan fingerprint density at radius 3 is 2.94 bits per heavy atom. The molecule has 1 aromatic rings. The number of halogens is 1. The number of hydrogen-bond donors (Lipinski definition) is 1. The van der Waals surface area contributed by atoms with E-state index in [-0.39, 0.29) is 5.78 Å². The zero-order valence-electron chi connectivity index (χ0n) is 10.5. The summed E-state index contributed by atoms with van der Waals surface area (Å²) in [6, 6.07) is 6.02. The highest BCUT2D eigenvalue weighted by atomic mass is 35.5. The molecule has 4 heteroatoms. The van der Waals surface area contributed by atoms with Crippen molar-refractivity contribution in [1.29, 1.82) is 0 Å². The van der Waals surface area contributed by atoms with E-state index in [9.17, 15) is 4.79 Å². The number of carbonyl (C=O) groups is 1. The monoisotopic (exact) mass is 267 g/mol. The average molecular weight is 268 g/mol. The van der Waals surface area contributed by atoms with Crippen molar-refractivity contribution in [2.24, 2.45) is 0 Å². The largest absolute Gasteiger partial charge is 0.496 e. The molecular weight excluding hydrogens is 250 g/mol. The summed E-state index contributed by atoms with van der Waals surface area (Å²) in [5.74, 6) is 0.937. The fourth-order valence-corrected chi connectivity index (χ4v) is 2.08. The average Bonchev–Trinajstić information content (AvgIpc) is 3.13. The minimum Gasteiger partial charge on any atom is -0.496 e. The number of ketones is 1. The topological polar surface area (TPSA) is 38.3 Å². The Labute approximate surface area is 112 Å². The second-order valence-corrected chi connectivity index (χ2v) is 5.09. The van der Waals surface area contributed by atoms with E-state index in [4.69, 9.17) is 16.3 Å². The maximum absolute atomic E-state index is 11.9. The van der Waals surface area contributed by atoms with Crippen molar-refractivity contribution in [3.63, 3.8) is 0 Å². The van der Waals surface area contributed by atoms with Gasteiger partial charge in [-0.1, -0.05) is 11.6 Å². The second kappa shape index (κ2) is 6.21. The summed E-state index contributed by atoms with van der Waals surface area (Å²) in [5.41, 5.74) is 0.862. The molecule has 0 atom stereocenters. The highest BCUT2D eigenvalue weighted by Crippen LogP contribution is 2.23. The van der Waals surface area contributed by atoms with Gasteiger partial charge in [0, 0.05) is 36.0 Å². The van der Waals surface area contributed by atoms with Gasteiger partial charge in [0.1, 0.15) is 11.5 Å². The second-order valence-electron chi connectivity index (χ2n) is 4.65. The highest BCUT2D eigenvalue weighted by molar-refractivity contribution is 6.30. The van der Waals surface area contributed by atoms with Gasteiger partial charge >= 0.3 is 0 Å². The molecule has 0 heterocycles. The standard InChI is InChI=1S/C14H18ClNO2/c1-18-14-5-2-11(15)8-10(14)9-13(17)6-7-16-12-3-4-12/h2,5,8,12,16H,3-4,6-7,9H2,1H3. The van der Waals surface area contributed by atoms with Crippen molar-refractivity contribution >= 4 is 17.4 Å². The van der Waals surface area contributed by atoms with Crippen molar-refractivity contribution in [2.45, 2.75) is 31.7 Å². The summed E-state index contributed by atoms with van der Waals surface area (Å²) in [7, 11) is 1.60. The maximum Gasteiger partial charge on any atom is 0.138 e. The highest BCUT2D eigenvalue weighted by Gasteiger charge is 2.20. The van der Waals surface area contributed by atoms with Gasteiger partial charge in [0.05, 0.1) is 7.11 Å². The predicted molar refractivity (Wildman–Crippen MR) is 72.4 cm³/mol. The molecule has 1 aromatic carbocycles. The Bertz CT molecular complexity index is 430. The van der Waals surface area contributed by atoms with Crippen LogP contribution in [0.2, 0.25) is 5.02 Å². The zero-order chi connectivity index (χ0) is 13.0. The van der Waals surface area contributed by atoms with Crippen LogP contribution in [0.15, 0.2) is 18.2 Å². The molecule has 0 unspecified atom stereocenters. The molecule has 1 aliphatic carbocycles. The molecule has 0 aromatic heterocycles. The summed E-state index contributed by atoms with van der Waals surface area (Å²) in [5, 5.41) is 3.97. The lowest BCUT2D eigenvalue weighted by Crippen LogP contribution is -2.20. The van der Waals surface area contributed by atoms with Gasteiger partial charge in [0.25, 0.3) is 0 Å². The first-order valence-corrected chi connectivity index (χ1v) is 6.64. The lowest BCUT2D eigenvalue weighted by atomic mass is 10.1. The number of hydrogen-bond acceptors (Lipinski definition) is 3. The van der Waals surface area contributed by atoms with Crippen LogP contribution < -0.4 is 10.1 Å². The van der Waals surface area contributed by atoms with Gasteiger partial charge < -0.3 is 10.1 Å². The number of nitrogens with one attached hydrogen (secondary N) is 1. The molecule has 0 saturated heterocycles. The Morgan fingerprint density at radius 2 is 2.28 bits per heavy atom. The van der Waals surface area contributed by atoms with Crippen LogP contribution in [0.4, 0.5) is 0 Å². The number of benzene rings is 1. The third kappa shape index (κ3) is 4.00. The van der Waals surface area contributed by atoms with E-state index in [1.165, 1.54) is 12.8 Å². The molecule has 98 valence electrons. The van der Waals surface area contributed by atoms with E-state index in [0.717, 1.165) is 17.9 Å². The Balaban J connectivity index is 1.86. The number of methoxy groups -OCH3 is 1. The predicted octanol–water partition coefficient (Wildman–Crippen LogP) is 2.60. The molecule has 0 spiro atoms. The van der Waals surface area contributed by atoms with E-state index in [0.29, 0.717) is 23.9 Å². The molecule has 3 nitrogen and oxygen atoms in total. The molecule has 1 aliphatic rings. The Kier molecular flexibility index (Phi) is 4.61. The van der Waals surface area contributed by atoms with Crippen LogP contribution >= 0.6 is 11.6 Å². The summed E-state index contributed by atoms with van der Waals surface area (Å²) in [4.78, 5) is 11.9. The van der Waals surface area contributed by atoms with Gasteiger partial charge in [-0.2, -0.15) is 0 Å². The summed E-state index contributed by atoms with van der Waals surface area (Å²) >= 11 is 5.93. The number of rotatable bonds is 7. The first-order chi connectivity index (χ1) is 8.69. The minimum absolute atomic E-state index is 0.212. The number of carbonyl (C=O) groups excluding carboxylic acids is 1. The smallest absolute Gasteiger partial charge is 0.138 e. The van der Waals surface area contributed by atoms with Gasteiger partial charge in [-0.05, 0) is 31.0 Å². The first kappa shape index (κ1) is 13.4. The summed E-state index contributed by atoms with van der Waals surface area (Å²) < 4.78 is 5.23.